The van der Waals surface area contributed by atoms with E-state index in [1.807, 2.05) is 24.3 Å². The maximum Gasteiger partial charge on any atom is 0.329 e. The van der Waals surface area contributed by atoms with Gasteiger partial charge in [-0.15, -0.1) is 0 Å². The zero-order valence-electron chi connectivity index (χ0n) is 14.3. The van der Waals surface area contributed by atoms with Crippen molar-refractivity contribution < 1.29 is 23.6 Å². The second kappa shape index (κ2) is 9.40. The minimum Gasteiger partial charge on any atom is -0.497 e. The molecule has 1 atom stereocenters. The van der Waals surface area contributed by atoms with Gasteiger partial charge >= 0.3 is 7.60 Å². The van der Waals surface area contributed by atoms with Crippen LogP contribution in [-0.2, 0) is 10.7 Å². The van der Waals surface area contributed by atoms with E-state index in [0.29, 0.717) is 11.3 Å². The summed E-state index contributed by atoms with van der Waals surface area (Å²) in [5, 5.41) is 4.30. The second-order valence-electron chi connectivity index (χ2n) is 5.32. The molecule has 0 heterocycles. The summed E-state index contributed by atoms with van der Waals surface area (Å²) >= 11 is 4.42. The van der Waals surface area contributed by atoms with Crippen LogP contribution < -0.4 is 9.26 Å². The molecule has 0 saturated carbocycles. The Bertz CT molecular complexity index is 780. The summed E-state index contributed by atoms with van der Waals surface area (Å²) in [5.41, 5.74) is 1.45. The second-order valence-corrected chi connectivity index (χ2v) is 9.26. The van der Waals surface area contributed by atoms with Gasteiger partial charge in [-0.1, -0.05) is 24.4 Å². The molecule has 26 heavy (non-hydrogen) atoms. The first kappa shape index (κ1) is 20.7. The number of methoxy groups -OCH3 is 1. The number of hydrogen-bond acceptors (Lipinski definition) is 6. The van der Waals surface area contributed by atoms with Crippen molar-refractivity contribution in [3.8, 4) is 11.5 Å². The standard InChI is InChI=1S/C16H20N2O5P2S/c1-18(17-11-13-3-7-15(22-2)8-4-13)24(26)23-16-9-5-14(6-10-16)12-25(19,20)21/h3-11,26H,12H2,1-2H3,(H2,19,20,21)/b17-11+. The van der Waals surface area contributed by atoms with Gasteiger partial charge in [-0.2, -0.15) is 5.10 Å². The summed E-state index contributed by atoms with van der Waals surface area (Å²) in [6.07, 6.45) is 1.40. The Hall–Kier alpha value is -1.56. The predicted octanol–water partition coefficient (Wildman–Crippen LogP) is 3.87. The largest absolute Gasteiger partial charge is 0.497 e. The van der Waals surface area contributed by atoms with Crippen molar-refractivity contribution in [3.05, 3.63) is 59.7 Å². The highest BCUT2D eigenvalue weighted by atomic mass is 32.7. The first-order valence-corrected chi connectivity index (χ1v) is 11.7. The zero-order chi connectivity index (χ0) is 19.2. The highest BCUT2D eigenvalue weighted by Gasteiger charge is 2.15. The van der Waals surface area contributed by atoms with E-state index in [0.717, 1.165) is 11.3 Å². The highest BCUT2D eigenvalue weighted by molar-refractivity contribution is 8.42. The molecular formula is C16H20N2O5P2S. The van der Waals surface area contributed by atoms with E-state index in [4.69, 9.17) is 19.0 Å². The number of hydrazone groups is 1. The van der Waals surface area contributed by atoms with Crippen LogP contribution in [0.2, 0.25) is 0 Å². The molecule has 10 heteroatoms. The monoisotopic (exact) mass is 414 g/mol. The first-order valence-electron chi connectivity index (χ1n) is 7.49. The molecule has 2 aromatic carbocycles. The molecule has 0 amide bonds. The molecule has 0 aromatic heterocycles. The Morgan fingerprint density at radius 1 is 1.15 bits per heavy atom. The minimum atomic E-state index is -4.08. The maximum absolute atomic E-state index is 11.0. The van der Waals surface area contributed by atoms with Gasteiger partial charge in [0.2, 0.25) is 0 Å². The molecule has 0 saturated heterocycles. The molecule has 0 aliphatic rings. The molecule has 140 valence electrons. The molecule has 0 radical (unpaired) electrons. The van der Waals surface area contributed by atoms with Crippen molar-refractivity contribution in [2.24, 2.45) is 5.10 Å². The number of ether oxygens (including phenoxy) is 1. The molecule has 0 aliphatic heterocycles. The van der Waals surface area contributed by atoms with Crippen LogP contribution in [0, 0.1) is 0 Å². The van der Waals surface area contributed by atoms with Crippen LogP contribution in [0.15, 0.2) is 53.6 Å². The Balaban J connectivity index is 1.92. The van der Waals surface area contributed by atoms with Crippen molar-refractivity contribution in [2.45, 2.75) is 6.16 Å². The van der Waals surface area contributed by atoms with E-state index >= 15 is 0 Å². The lowest BCUT2D eigenvalue weighted by molar-refractivity contribution is 0.371. The van der Waals surface area contributed by atoms with Gasteiger partial charge in [0.15, 0.2) is 0 Å². The van der Waals surface area contributed by atoms with Crippen molar-refractivity contribution in [3.63, 3.8) is 0 Å². The van der Waals surface area contributed by atoms with E-state index in [1.54, 1.807) is 49.4 Å². The zero-order valence-corrected chi connectivity index (χ0v) is 16.9. The van der Waals surface area contributed by atoms with Gasteiger partial charge in [-0.25, -0.2) is 4.78 Å². The Morgan fingerprint density at radius 2 is 1.73 bits per heavy atom. The molecule has 2 N–H and O–H groups in total. The molecule has 0 fully saturated rings. The molecule has 7 nitrogen and oxygen atoms in total. The molecule has 2 rings (SSSR count). The van der Waals surface area contributed by atoms with Crippen LogP contribution in [0.1, 0.15) is 11.1 Å². The van der Waals surface area contributed by atoms with Crippen LogP contribution in [0.4, 0.5) is 0 Å². The van der Waals surface area contributed by atoms with Crippen molar-refractivity contribution >= 4 is 33.6 Å². The van der Waals surface area contributed by atoms with Gasteiger partial charge in [0.05, 0.1) is 19.5 Å². The predicted molar refractivity (Wildman–Crippen MR) is 107 cm³/mol. The van der Waals surface area contributed by atoms with Crippen molar-refractivity contribution in [2.75, 3.05) is 14.2 Å². The number of thiol groups is 1. The topological polar surface area (TPSA) is 91.6 Å². The minimum absolute atomic E-state index is 0.297. The van der Waals surface area contributed by atoms with Gasteiger partial charge in [0, 0.05) is 7.05 Å². The quantitative estimate of drug-likeness (QED) is 0.263. The number of nitrogens with zero attached hydrogens (tertiary/aromatic N) is 2. The van der Waals surface area contributed by atoms with E-state index in [1.165, 1.54) is 0 Å². The van der Waals surface area contributed by atoms with Gasteiger partial charge in [-0.05, 0) is 47.5 Å². The fourth-order valence-electron chi connectivity index (χ4n) is 1.93. The smallest absolute Gasteiger partial charge is 0.329 e. The fourth-order valence-corrected chi connectivity index (χ4v) is 3.61. The third-order valence-electron chi connectivity index (χ3n) is 3.24. The van der Waals surface area contributed by atoms with E-state index in [2.05, 4.69) is 17.4 Å². The lowest BCUT2D eigenvalue weighted by atomic mass is 10.2. The molecule has 1 unspecified atom stereocenters. The van der Waals surface area contributed by atoms with E-state index in [-0.39, 0.29) is 6.16 Å². The fraction of sp³-hybridized carbons (Fsp3) is 0.188. The summed E-state index contributed by atoms with van der Waals surface area (Å²) in [4.78, 5) is 18.0. The van der Waals surface area contributed by atoms with Crippen LogP contribution >= 0.6 is 27.3 Å². The maximum atomic E-state index is 11.0. The van der Waals surface area contributed by atoms with E-state index < -0.39 is 15.1 Å². The third kappa shape index (κ3) is 6.98. The Kier molecular flexibility index (Phi) is 7.50. The van der Waals surface area contributed by atoms with Gasteiger partial charge in [0.25, 0.3) is 7.50 Å². The van der Waals surface area contributed by atoms with Crippen LogP contribution in [0.25, 0.3) is 0 Å². The molecular weight excluding hydrogens is 394 g/mol. The van der Waals surface area contributed by atoms with Gasteiger partial charge in [-0.3, -0.25) is 4.57 Å². The summed E-state index contributed by atoms with van der Waals surface area (Å²) < 4.78 is 23.4. The lowest BCUT2D eigenvalue weighted by Gasteiger charge is -2.20. The summed E-state index contributed by atoms with van der Waals surface area (Å²) in [6.45, 7) is 0. The third-order valence-corrected chi connectivity index (χ3v) is 6.01. The highest BCUT2D eigenvalue weighted by Crippen LogP contribution is 2.46. The van der Waals surface area contributed by atoms with Crippen molar-refractivity contribution in [1.29, 1.82) is 0 Å². The number of rotatable bonds is 8. The summed E-state index contributed by atoms with van der Waals surface area (Å²) in [7, 11) is -2.02. The normalized spacial score (nSPS) is 12.8. The Labute approximate surface area is 158 Å². The molecule has 0 bridgehead atoms. The van der Waals surface area contributed by atoms with Crippen LogP contribution in [0.3, 0.4) is 0 Å². The molecule has 0 spiro atoms. The first-order chi connectivity index (χ1) is 12.3. The van der Waals surface area contributed by atoms with Gasteiger partial charge in [0.1, 0.15) is 11.5 Å². The van der Waals surface area contributed by atoms with Crippen LogP contribution in [0.5, 0.6) is 11.5 Å². The summed E-state index contributed by atoms with van der Waals surface area (Å²) in [5.74, 6) is 1.32. The summed E-state index contributed by atoms with van der Waals surface area (Å²) in [6, 6.07) is 14.0. The SMILES string of the molecule is COc1ccc(/C=N/N(C)P(S)Oc2ccc(CP(=O)(O)O)cc2)cc1. The van der Waals surface area contributed by atoms with Gasteiger partial charge < -0.3 is 19.0 Å². The van der Waals surface area contributed by atoms with E-state index in [9.17, 15) is 4.57 Å². The van der Waals surface area contributed by atoms with Crippen molar-refractivity contribution in [1.82, 2.24) is 4.78 Å². The molecule has 0 aliphatic carbocycles. The Morgan fingerprint density at radius 3 is 2.27 bits per heavy atom. The number of hydrogen-bond donors (Lipinski definition) is 3. The van der Waals surface area contributed by atoms with Crippen LogP contribution in [-0.4, -0.2) is 34.9 Å². The number of benzene rings is 2. The average molecular weight is 414 g/mol. The average Bonchev–Trinajstić information content (AvgIpc) is 2.60. The molecule has 2 aromatic rings. The lowest BCUT2D eigenvalue weighted by Crippen LogP contribution is -2.05.